The minimum atomic E-state index is 0.0242. The number of hydrogen-bond acceptors (Lipinski definition) is 5. The van der Waals surface area contributed by atoms with Crippen LogP contribution < -0.4 is 10.1 Å². The summed E-state index contributed by atoms with van der Waals surface area (Å²) < 4.78 is 12.8. The Labute approximate surface area is 192 Å². The van der Waals surface area contributed by atoms with Crippen LogP contribution in [0.25, 0.3) is 0 Å². The number of fused-ring (bicyclic) bond motifs is 5. The predicted molar refractivity (Wildman–Crippen MR) is 125 cm³/mol. The summed E-state index contributed by atoms with van der Waals surface area (Å²) in [5.41, 5.74) is 1.37. The van der Waals surface area contributed by atoms with E-state index in [1.807, 2.05) is 0 Å². The number of likely N-dealkylation sites (tertiary alicyclic amines) is 1. The fraction of sp³-hybridized carbons (Fsp3) is 0.731. The first kappa shape index (κ1) is 22.2. The van der Waals surface area contributed by atoms with Gasteiger partial charge in [0.2, 0.25) is 5.91 Å². The van der Waals surface area contributed by atoms with Crippen molar-refractivity contribution in [3.05, 3.63) is 29.8 Å². The highest BCUT2D eigenvalue weighted by Gasteiger charge is 2.37. The summed E-state index contributed by atoms with van der Waals surface area (Å²) in [7, 11) is 2.07. The average Bonchev–Trinajstić information content (AvgIpc) is 3.25. The van der Waals surface area contributed by atoms with Crippen LogP contribution in [0.4, 0.5) is 0 Å². The van der Waals surface area contributed by atoms with E-state index in [0.717, 1.165) is 76.8 Å². The number of carbonyl (C=O) groups is 1. The summed E-state index contributed by atoms with van der Waals surface area (Å²) in [6.45, 7) is 4.31. The zero-order chi connectivity index (χ0) is 21.9. The van der Waals surface area contributed by atoms with E-state index in [4.69, 9.17) is 9.47 Å². The lowest BCUT2D eigenvalue weighted by Gasteiger charge is -2.42. The maximum atomic E-state index is 13.0. The zero-order valence-corrected chi connectivity index (χ0v) is 19.5. The highest BCUT2D eigenvalue weighted by Crippen LogP contribution is 2.38. The maximum absolute atomic E-state index is 13.0. The second-order valence-electron chi connectivity index (χ2n) is 10.2. The summed E-state index contributed by atoms with van der Waals surface area (Å²) in [6.07, 6.45) is 9.08. The number of para-hydroxylation sites is 1. The third-order valence-corrected chi connectivity index (χ3v) is 8.22. The van der Waals surface area contributed by atoms with Gasteiger partial charge in [-0.15, -0.1) is 0 Å². The molecule has 3 fully saturated rings. The fourth-order valence-corrected chi connectivity index (χ4v) is 6.31. The van der Waals surface area contributed by atoms with E-state index in [-0.39, 0.29) is 24.0 Å². The quantitative estimate of drug-likeness (QED) is 0.764. The molecule has 3 atom stereocenters. The van der Waals surface area contributed by atoms with Crippen LogP contribution in [0.15, 0.2) is 24.3 Å². The van der Waals surface area contributed by atoms with Crippen molar-refractivity contribution in [3.8, 4) is 5.75 Å². The second-order valence-corrected chi connectivity index (χ2v) is 10.2. The van der Waals surface area contributed by atoms with Crippen LogP contribution >= 0.6 is 0 Å². The molecule has 1 amide bonds. The van der Waals surface area contributed by atoms with Gasteiger partial charge < -0.3 is 14.8 Å². The van der Waals surface area contributed by atoms with Gasteiger partial charge in [-0.2, -0.15) is 0 Å². The van der Waals surface area contributed by atoms with Crippen molar-refractivity contribution in [2.45, 2.75) is 81.5 Å². The third-order valence-electron chi connectivity index (χ3n) is 8.22. The molecule has 0 unspecified atom stereocenters. The van der Waals surface area contributed by atoms with Crippen molar-refractivity contribution in [2.75, 3.05) is 39.9 Å². The number of likely N-dealkylation sites (N-methyl/N-ethyl adjacent to an activating group) is 1. The molecule has 0 spiro atoms. The van der Waals surface area contributed by atoms with Gasteiger partial charge in [-0.25, -0.2) is 0 Å². The predicted octanol–water partition coefficient (Wildman–Crippen LogP) is 3.17. The molecule has 1 aromatic carbocycles. The lowest BCUT2D eigenvalue weighted by molar-refractivity contribution is -0.127. The molecule has 1 aromatic rings. The lowest BCUT2D eigenvalue weighted by Crippen LogP contribution is -2.60. The molecule has 2 saturated heterocycles. The molecule has 0 aromatic heterocycles. The van der Waals surface area contributed by atoms with Crippen molar-refractivity contribution in [1.29, 1.82) is 0 Å². The van der Waals surface area contributed by atoms with E-state index in [0.29, 0.717) is 25.2 Å². The SMILES string of the molecule is CN1CCC[C@H]1C(=O)N[C@H]1CCCN2CCOc3ccccc3C3CCC(CC3)OC[C@@H]12. The Kier molecular flexibility index (Phi) is 7.00. The van der Waals surface area contributed by atoms with Crippen LogP contribution in [0, 0.1) is 0 Å². The molecule has 1 saturated carbocycles. The fourth-order valence-electron chi connectivity index (χ4n) is 6.31. The topological polar surface area (TPSA) is 54.0 Å². The Bertz CT molecular complexity index is 779. The average molecular weight is 442 g/mol. The van der Waals surface area contributed by atoms with Crippen molar-refractivity contribution in [3.63, 3.8) is 0 Å². The minimum Gasteiger partial charge on any atom is -0.492 e. The number of amides is 1. The first-order valence-corrected chi connectivity index (χ1v) is 12.8. The highest BCUT2D eigenvalue weighted by molar-refractivity contribution is 5.82. The largest absolute Gasteiger partial charge is 0.492 e. The second kappa shape index (κ2) is 10.1. The van der Waals surface area contributed by atoms with Crippen LogP contribution in [0.3, 0.4) is 0 Å². The molecule has 2 bridgehead atoms. The van der Waals surface area contributed by atoms with Crippen molar-refractivity contribution in [1.82, 2.24) is 15.1 Å². The Hall–Kier alpha value is -1.63. The van der Waals surface area contributed by atoms with E-state index < -0.39 is 0 Å². The number of carbonyl (C=O) groups excluding carboxylic acids is 1. The summed E-state index contributed by atoms with van der Waals surface area (Å²) in [5.74, 6) is 1.83. The summed E-state index contributed by atoms with van der Waals surface area (Å²) in [6, 6.07) is 8.99. The number of benzene rings is 1. The Balaban J connectivity index is 1.31. The van der Waals surface area contributed by atoms with E-state index in [1.165, 1.54) is 5.56 Å². The van der Waals surface area contributed by atoms with Crippen LogP contribution in [0.2, 0.25) is 0 Å². The lowest BCUT2D eigenvalue weighted by atomic mass is 9.82. The molecule has 6 heteroatoms. The van der Waals surface area contributed by atoms with Crippen LogP contribution in [-0.4, -0.2) is 79.8 Å². The van der Waals surface area contributed by atoms with Gasteiger partial charge >= 0.3 is 0 Å². The molecule has 6 nitrogen and oxygen atoms in total. The van der Waals surface area contributed by atoms with Gasteiger partial charge in [0, 0.05) is 12.6 Å². The molecule has 176 valence electrons. The van der Waals surface area contributed by atoms with Gasteiger partial charge in [0.1, 0.15) is 12.4 Å². The summed E-state index contributed by atoms with van der Waals surface area (Å²) >= 11 is 0. The molecule has 4 heterocycles. The molecule has 1 aliphatic carbocycles. The molecule has 32 heavy (non-hydrogen) atoms. The number of hydrogen-bond donors (Lipinski definition) is 1. The van der Waals surface area contributed by atoms with E-state index >= 15 is 0 Å². The van der Waals surface area contributed by atoms with E-state index in [2.05, 4.69) is 46.4 Å². The standard InChI is InChI=1S/C26H39N3O3/c1-28-14-5-8-23(28)26(30)27-22-7-4-15-29-16-17-31-25-9-3-2-6-21(25)19-10-12-20(13-11-19)32-18-24(22)29/h2-3,6,9,19-20,22-24H,4-5,7-8,10-18H2,1H3,(H,27,30)/t19?,20?,22-,23-,24-/m0/s1. The Morgan fingerprint density at radius 3 is 2.62 bits per heavy atom. The maximum Gasteiger partial charge on any atom is 0.237 e. The van der Waals surface area contributed by atoms with Crippen LogP contribution in [0.5, 0.6) is 5.75 Å². The highest BCUT2D eigenvalue weighted by atomic mass is 16.5. The Morgan fingerprint density at radius 1 is 1.00 bits per heavy atom. The monoisotopic (exact) mass is 441 g/mol. The van der Waals surface area contributed by atoms with Gasteiger partial charge in [-0.3, -0.25) is 14.6 Å². The van der Waals surface area contributed by atoms with E-state index in [1.54, 1.807) is 0 Å². The first-order chi connectivity index (χ1) is 15.7. The van der Waals surface area contributed by atoms with Crippen molar-refractivity contribution < 1.29 is 14.3 Å². The Morgan fingerprint density at radius 2 is 1.81 bits per heavy atom. The molecule has 5 aliphatic rings. The first-order valence-electron chi connectivity index (χ1n) is 12.8. The van der Waals surface area contributed by atoms with Crippen molar-refractivity contribution >= 4 is 5.91 Å². The summed E-state index contributed by atoms with van der Waals surface area (Å²) in [5, 5.41) is 3.43. The minimum absolute atomic E-state index is 0.0242. The molecular formula is C26H39N3O3. The molecule has 4 aliphatic heterocycles. The molecule has 1 N–H and O–H groups in total. The van der Waals surface area contributed by atoms with Gasteiger partial charge in [0.15, 0.2) is 0 Å². The third kappa shape index (κ3) is 4.82. The number of nitrogens with zero attached hydrogens (tertiary/aromatic N) is 2. The zero-order valence-electron chi connectivity index (χ0n) is 19.5. The smallest absolute Gasteiger partial charge is 0.237 e. The molecule has 6 rings (SSSR count). The normalized spacial score (nSPS) is 34.3. The van der Waals surface area contributed by atoms with Gasteiger partial charge in [-0.1, -0.05) is 18.2 Å². The van der Waals surface area contributed by atoms with Gasteiger partial charge in [0.25, 0.3) is 0 Å². The number of nitrogens with one attached hydrogen (secondary N) is 1. The van der Waals surface area contributed by atoms with Gasteiger partial charge in [0.05, 0.1) is 24.8 Å². The van der Waals surface area contributed by atoms with Crippen LogP contribution in [-0.2, 0) is 9.53 Å². The van der Waals surface area contributed by atoms with E-state index in [9.17, 15) is 4.79 Å². The number of rotatable bonds is 2. The number of ether oxygens (including phenoxy) is 2. The van der Waals surface area contributed by atoms with Gasteiger partial charge in [-0.05, 0) is 89.1 Å². The van der Waals surface area contributed by atoms with Crippen LogP contribution in [0.1, 0.15) is 62.8 Å². The summed E-state index contributed by atoms with van der Waals surface area (Å²) in [4.78, 5) is 17.7. The van der Waals surface area contributed by atoms with Crippen molar-refractivity contribution in [2.24, 2.45) is 0 Å². The molecule has 0 radical (unpaired) electrons. The molecular weight excluding hydrogens is 402 g/mol. The number of piperidine rings is 1.